The van der Waals surface area contributed by atoms with Crippen molar-refractivity contribution in [2.24, 2.45) is 0 Å². The second-order valence-electron chi connectivity index (χ2n) is 4.14. The molecule has 0 spiro atoms. The molecule has 2 heterocycles. The number of hydrogen-bond donors (Lipinski definition) is 1. The van der Waals surface area contributed by atoms with Gasteiger partial charge in [-0.15, -0.1) is 0 Å². The summed E-state index contributed by atoms with van der Waals surface area (Å²) in [7, 11) is 0. The van der Waals surface area contributed by atoms with Crippen molar-refractivity contribution in [3.05, 3.63) is 34.9 Å². The lowest BCUT2D eigenvalue weighted by Gasteiger charge is -2.20. The van der Waals surface area contributed by atoms with Crippen LogP contribution in [-0.2, 0) is 4.74 Å². The molecule has 1 fully saturated rings. The lowest BCUT2D eigenvalue weighted by atomic mass is 10.2. The number of nitrogens with zero attached hydrogens (tertiary/aromatic N) is 2. The van der Waals surface area contributed by atoms with Gasteiger partial charge in [-0.05, 0) is 12.1 Å². The number of benzene rings is 1. The number of aromatic nitrogens is 2. The van der Waals surface area contributed by atoms with Crippen LogP contribution < -0.4 is 5.32 Å². The second-order valence-corrected chi connectivity index (χ2v) is 4.54. The third kappa shape index (κ3) is 2.47. The molecule has 0 radical (unpaired) electrons. The molecule has 1 atom stereocenters. The van der Waals surface area contributed by atoms with E-state index in [2.05, 4.69) is 15.5 Å². The van der Waals surface area contributed by atoms with Crippen molar-refractivity contribution in [2.45, 2.75) is 6.04 Å². The van der Waals surface area contributed by atoms with E-state index in [1.54, 1.807) is 6.07 Å². The first kappa shape index (κ1) is 12.5. The van der Waals surface area contributed by atoms with E-state index < -0.39 is 5.82 Å². The van der Waals surface area contributed by atoms with Gasteiger partial charge in [0.1, 0.15) is 5.82 Å². The van der Waals surface area contributed by atoms with Gasteiger partial charge in [0.05, 0.1) is 29.8 Å². The standard InChI is InChI=1S/C12H11ClFN3O2/c13-7-2-1-3-8(14)10(7)12-16-11(17-19-12)9-6-18-5-4-15-9/h1-3,9,15H,4-6H2. The predicted octanol–water partition coefficient (Wildman–Crippen LogP) is 2.19. The van der Waals surface area contributed by atoms with Gasteiger partial charge in [-0.3, -0.25) is 0 Å². The lowest BCUT2D eigenvalue weighted by Crippen LogP contribution is -2.35. The molecule has 1 unspecified atom stereocenters. The van der Waals surface area contributed by atoms with E-state index in [1.807, 2.05) is 0 Å². The summed E-state index contributed by atoms with van der Waals surface area (Å²) >= 11 is 5.95. The minimum Gasteiger partial charge on any atom is -0.378 e. The van der Waals surface area contributed by atoms with Gasteiger partial charge < -0.3 is 14.6 Å². The zero-order chi connectivity index (χ0) is 13.2. The third-order valence-electron chi connectivity index (χ3n) is 2.85. The van der Waals surface area contributed by atoms with E-state index >= 15 is 0 Å². The Balaban J connectivity index is 1.92. The SMILES string of the molecule is Fc1cccc(Cl)c1-c1nc(C2COCCN2)no1. The number of nitrogens with one attached hydrogen (secondary N) is 1. The first-order valence-corrected chi connectivity index (χ1v) is 6.22. The summed E-state index contributed by atoms with van der Waals surface area (Å²) < 4.78 is 24.1. The summed E-state index contributed by atoms with van der Waals surface area (Å²) in [6.45, 7) is 1.83. The number of hydrogen-bond acceptors (Lipinski definition) is 5. The van der Waals surface area contributed by atoms with Crippen molar-refractivity contribution >= 4 is 11.6 Å². The van der Waals surface area contributed by atoms with E-state index in [-0.39, 0.29) is 22.5 Å². The molecule has 3 rings (SSSR count). The molecule has 5 nitrogen and oxygen atoms in total. The zero-order valence-electron chi connectivity index (χ0n) is 9.90. The van der Waals surface area contributed by atoms with Gasteiger partial charge in [-0.1, -0.05) is 22.8 Å². The van der Waals surface area contributed by atoms with Crippen LogP contribution in [0.5, 0.6) is 0 Å². The Morgan fingerprint density at radius 3 is 3.05 bits per heavy atom. The fourth-order valence-corrected chi connectivity index (χ4v) is 2.16. The van der Waals surface area contributed by atoms with Gasteiger partial charge in [0.15, 0.2) is 5.82 Å². The van der Waals surface area contributed by atoms with Crippen LogP contribution in [-0.4, -0.2) is 29.9 Å². The fraction of sp³-hybridized carbons (Fsp3) is 0.333. The van der Waals surface area contributed by atoms with E-state index in [9.17, 15) is 4.39 Å². The van der Waals surface area contributed by atoms with Gasteiger partial charge in [0.25, 0.3) is 5.89 Å². The van der Waals surface area contributed by atoms with Crippen molar-refractivity contribution in [2.75, 3.05) is 19.8 Å². The Morgan fingerprint density at radius 2 is 2.32 bits per heavy atom. The number of ether oxygens (including phenoxy) is 1. The van der Waals surface area contributed by atoms with Gasteiger partial charge >= 0.3 is 0 Å². The Hall–Kier alpha value is -1.50. The molecule has 7 heteroatoms. The smallest absolute Gasteiger partial charge is 0.262 e. The van der Waals surface area contributed by atoms with Crippen LogP contribution in [0.4, 0.5) is 4.39 Å². The fourth-order valence-electron chi connectivity index (χ4n) is 1.91. The molecule has 1 aromatic heterocycles. The first-order valence-electron chi connectivity index (χ1n) is 5.85. The van der Waals surface area contributed by atoms with Gasteiger partial charge in [0.2, 0.25) is 0 Å². The molecule has 0 amide bonds. The summed E-state index contributed by atoms with van der Waals surface area (Å²) in [5.74, 6) is 0.0232. The van der Waals surface area contributed by atoms with E-state index in [0.29, 0.717) is 19.0 Å². The predicted molar refractivity (Wildman–Crippen MR) is 66.3 cm³/mol. The van der Waals surface area contributed by atoms with E-state index in [0.717, 1.165) is 6.54 Å². The van der Waals surface area contributed by atoms with Crippen LogP contribution in [0.15, 0.2) is 22.7 Å². The molecule has 1 N–H and O–H groups in total. The maximum atomic E-state index is 13.7. The van der Waals surface area contributed by atoms with Crippen LogP contribution in [0, 0.1) is 5.82 Å². The van der Waals surface area contributed by atoms with Crippen LogP contribution in [0.2, 0.25) is 5.02 Å². The molecule has 1 aliphatic heterocycles. The van der Waals surface area contributed by atoms with Crippen LogP contribution in [0.3, 0.4) is 0 Å². The van der Waals surface area contributed by atoms with Crippen molar-refractivity contribution in [3.63, 3.8) is 0 Å². The maximum absolute atomic E-state index is 13.7. The minimum atomic E-state index is -0.490. The summed E-state index contributed by atoms with van der Waals surface area (Å²) in [6.07, 6.45) is 0. The van der Waals surface area contributed by atoms with Crippen LogP contribution in [0.1, 0.15) is 11.9 Å². The molecule has 0 aliphatic carbocycles. The summed E-state index contributed by atoms with van der Waals surface area (Å²) in [5, 5.41) is 7.28. The zero-order valence-corrected chi connectivity index (χ0v) is 10.7. The summed E-state index contributed by atoms with van der Waals surface area (Å²) in [5.41, 5.74) is 0.125. The molecule has 1 saturated heterocycles. The molecule has 1 aliphatic rings. The Labute approximate surface area is 113 Å². The lowest BCUT2D eigenvalue weighted by molar-refractivity contribution is 0.0734. The highest BCUT2D eigenvalue weighted by Gasteiger charge is 2.23. The summed E-state index contributed by atoms with van der Waals surface area (Å²) in [4.78, 5) is 4.18. The Morgan fingerprint density at radius 1 is 1.42 bits per heavy atom. The maximum Gasteiger partial charge on any atom is 0.262 e. The Kier molecular flexibility index (Phi) is 3.46. The highest BCUT2D eigenvalue weighted by molar-refractivity contribution is 6.33. The third-order valence-corrected chi connectivity index (χ3v) is 3.17. The quantitative estimate of drug-likeness (QED) is 0.915. The molecular formula is C12H11ClFN3O2. The average molecular weight is 284 g/mol. The van der Waals surface area contributed by atoms with E-state index in [4.69, 9.17) is 20.9 Å². The van der Waals surface area contributed by atoms with E-state index in [1.165, 1.54) is 12.1 Å². The summed E-state index contributed by atoms with van der Waals surface area (Å²) in [6, 6.07) is 4.25. The number of rotatable bonds is 2. The molecule has 0 bridgehead atoms. The molecule has 2 aromatic rings. The van der Waals surface area contributed by atoms with Crippen molar-refractivity contribution < 1.29 is 13.7 Å². The van der Waals surface area contributed by atoms with Crippen molar-refractivity contribution in [1.82, 2.24) is 15.5 Å². The first-order chi connectivity index (χ1) is 9.25. The number of halogens is 2. The van der Waals surface area contributed by atoms with Gasteiger partial charge in [-0.25, -0.2) is 4.39 Å². The number of morpholine rings is 1. The van der Waals surface area contributed by atoms with Crippen LogP contribution >= 0.6 is 11.6 Å². The Bertz CT molecular complexity index is 564. The molecule has 0 saturated carbocycles. The van der Waals surface area contributed by atoms with Crippen LogP contribution in [0.25, 0.3) is 11.5 Å². The van der Waals surface area contributed by atoms with Gasteiger partial charge in [-0.2, -0.15) is 4.98 Å². The average Bonchev–Trinajstić information content (AvgIpc) is 2.89. The second kappa shape index (κ2) is 5.24. The molecule has 19 heavy (non-hydrogen) atoms. The normalized spacial score (nSPS) is 19.6. The highest BCUT2D eigenvalue weighted by atomic mass is 35.5. The molecular weight excluding hydrogens is 273 g/mol. The monoisotopic (exact) mass is 283 g/mol. The highest BCUT2D eigenvalue weighted by Crippen LogP contribution is 2.29. The minimum absolute atomic E-state index is 0.0745. The molecule has 1 aromatic carbocycles. The van der Waals surface area contributed by atoms with Crippen molar-refractivity contribution in [3.8, 4) is 11.5 Å². The van der Waals surface area contributed by atoms with Crippen molar-refractivity contribution in [1.29, 1.82) is 0 Å². The largest absolute Gasteiger partial charge is 0.378 e. The topological polar surface area (TPSA) is 60.2 Å². The molecule has 100 valence electrons. The van der Waals surface area contributed by atoms with Gasteiger partial charge in [0, 0.05) is 6.54 Å².